The smallest absolute Gasteiger partial charge is 0.277 e. The van der Waals surface area contributed by atoms with E-state index in [4.69, 9.17) is 33.4 Å². The van der Waals surface area contributed by atoms with Gasteiger partial charge in [0.2, 0.25) is 0 Å². The van der Waals surface area contributed by atoms with E-state index in [0.717, 1.165) is 24.3 Å². The van der Waals surface area contributed by atoms with Crippen molar-refractivity contribution >= 4 is 79.7 Å². The summed E-state index contributed by atoms with van der Waals surface area (Å²) in [6.07, 6.45) is 0. The van der Waals surface area contributed by atoms with Crippen LogP contribution in [-0.2, 0) is 33.4 Å². The maximum Gasteiger partial charge on any atom is 0.277 e. The van der Waals surface area contributed by atoms with Crippen LogP contribution in [0.4, 0.5) is 49.1 Å². The predicted octanol–water partition coefficient (Wildman–Crippen LogP) is 7.32. The third-order valence-corrected chi connectivity index (χ3v) is 8.88. The first kappa shape index (κ1) is 47.9. The molecule has 4 rings (SSSR count). The molecule has 0 unspecified atom stereocenters. The van der Waals surface area contributed by atoms with E-state index < -0.39 is 58.1 Å². The highest BCUT2D eigenvalue weighted by Crippen LogP contribution is 2.30. The third kappa shape index (κ3) is 15.9. The third-order valence-electron chi connectivity index (χ3n) is 7.54. The summed E-state index contributed by atoms with van der Waals surface area (Å²) in [5.74, 6) is -8.37. The molecule has 0 aliphatic carbocycles. The van der Waals surface area contributed by atoms with Gasteiger partial charge in [0.15, 0.2) is 23.3 Å². The first-order valence-electron chi connectivity index (χ1n) is 17.6. The maximum absolute atomic E-state index is 14.5. The Morgan fingerprint density at radius 3 is 1.08 bits per heavy atom. The molecule has 0 aliphatic rings. The van der Waals surface area contributed by atoms with Crippen molar-refractivity contribution in [2.75, 3.05) is 89.9 Å². The summed E-state index contributed by atoms with van der Waals surface area (Å²) in [6.45, 7) is 2.20. The van der Waals surface area contributed by atoms with E-state index in [-0.39, 0.29) is 75.4 Å². The average molecular weight is 1060 g/mol. The van der Waals surface area contributed by atoms with Gasteiger partial charge in [-0.05, 0) is 106 Å². The second-order valence-electron chi connectivity index (χ2n) is 11.7. The second kappa shape index (κ2) is 25.7. The lowest BCUT2D eigenvalue weighted by atomic mass is 10.1. The Kier molecular flexibility index (Phi) is 20.9. The molecule has 0 spiro atoms. The number of rotatable bonds is 26. The number of anilines is 4. The zero-order valence-corrected chi connectivity index (χ0v) is 35.3. The van der Waals surface area contributed by atoms with Gasteiger partial charge in [0.1, 0.15) is 11.6 Å². The van der Waals surface area contributed by atoms with E-state index in [1.165, 1.54) is 24.3 Å². The minimum absolute atomic E-state index is 0.0641. The summed E-state index contributed by atoms with van der Waals surface area (Å²) >= 11 is 3.79. The van der Waals surface area contributed by atoms with Gasteiger partial charge in [-0.3, -0.25) is 19.3 Å². The average Bonchev–Trinajstić information content (AvgIpc) is 3.20. The van der Waals surface area contributed by atoms with Crippen molar-refractivity contribution in [3.05, 3.63) is 114 Å². The number of amides is 2. The Morgan fingerprint density at radius 1 is 0.441 bits per heavy atom. The molecule has 4 aromatic carbocycles. The molecule has 0 bridgehead atoms. The van der Waals surface area contributed by atoms with E-state index in [1.807, 2.05) is 45.2 Å². The summed E-state index contributed by atoms with van der Waals surface area (Å²) in [7, 11) is 0. The monoisotopic (exact) mass is 1060 g/mol. The Labute approximate surface area is 361 Å². The van der Waals surface area contributed by atoms with Crippen LogP contribution in [0.5, 0.6) is 0 Å². The fourth-order valence-corrected chi connectivity index (χ4v) is 5.61. The number of nitrogens with one attached hydrogen (secondary N) is 4. The molecule has 0 atom stereocenters. The van der Waals surface area contributed by atoms with Gasteiger partial charge in [-0.15, -0.1) is 0 Å². The number of ether oxygens (including phenoxy) is 5. The Morgan fingerprint density at radius 2 is 0.763 bits per heavy atom. The molecule has 0 aliphatic heterocycles. The second-order valence-corrected chi connectivity index (χ2v) is 14.2. The number of hydrogen-bond donors (Lipinski definition) is 4. The number of hydroxylamine groups is 2. The van der Waals surface area contributed by atoms with Crippen LogP contribution < -0.4 is 21.6 Å². The summed E-state index contributed by atoms with van der Waals surface area (Å²) in [4.78, 5) is 35.3. The van der Waals surface area contributed by atoms with E-state index >= 15 is 0 Å². The van der Waals surface area contributed by atoms with Crippen LogP contribution in [-0.4, -0.2) is 91.1 Å². The summed E-state index contributed by atoms with van der Waals surface area (Å²) in [5.41, 5.74) is 2.22. The lowest BCUT2D eigenvalue weighted by molar-refractivity contribution is -0.0306. The molecular formula is C38H38F6I2N4O9. The standard InChI is InChI=1S/C38H38F6I2N4O9/c39-27-5-3-25(35(33(27)43)47-31-7-1-23(45)21-29(31)41)37(51)49-58-19-17-56-15-13-54-11-9-53-10-12-55-14-16-57-18-20-59-50-38(52)26-4-6-28(40)34(44)36(26)48-32-8-2-24(46)22-30(32)42/h1-8,21-22,47-48H,9-20H2,(H,49,51)(H,50,52). The number of carbonyl (C=O) groups excluding carboxylic acids is 2. The van der Waals surface area contributed by atoms with Crippen LogP contribution in [0, 0.1) is 42.0 Å². The highest BCUT2D eigenvalue weighted by molar-refractivity contribution is 14.1. The highest BCUT2D eigenvalue weighted by atomic mass is 127. The number of benzene rings is 4. The molecule has 0 heterocycles. The van der Waals surface area contributed by atoms with Gasteiger partial charge in [0.05, 0.1) is 113 Å². The minimum Gasteiger partial charge on any atom is -0.377 e. The maximum atomic E-state index is 14.5. The predicted molar refractivity (Wildman–Crippen MR) is 218 cm³/mol. The molecule has 0 fully saturated rings. The quantitative estimate of drug-likeness (QED) is 0.0217. The van der Waals surface area contributed by atoms with Crippen LogP contribution in [0.3, 0.4) is 0 Å². The molecule has 0 saturated heterocycles. The van der Waals surface area contributed by atoms with Crippen molar-refractivity contribution in [2.24, 2.45) is 0 Å². The van der Waals surface area contributed by atoms with Crippen LogP contribution in [0.2, 0.25) is 0 Å². The van der Waals surface area contributed by atoms with E-state index in [1.54, 1.807) is 12.1 Å². The fraction of sp³-hybridized carbons (Fsp3) is 0.316. The van der Waals surface area contributed by atoms with Crippen molar-refractivity contribution < 1.29 is 69.3 Å². The molecular weight excluding hydrogens is 1020 g/mol. The Bertz CT molecular complexity index is 1870. The van der Waals surface area contributed by atoms with E-state index in [2.05, 4.69) is 21.6 Å². The number of carbonyl (C=O) groups is 2. The number of hydrogen-bond acceptors (Lipinski definition) is 11. The van der Waals surface area contributed by atoms with Crippen LogP contribution in [0.25, 0.3) is 0 Å². The first-order chi connectivity index (χ1) is 28.5. The van der Waals surface area contributed by atoms with Gasteiger partial charge in [0.25, 0.3) is 11.8 Å². The van der Waals surface area contributed by atoms with Gasteiger partial charge in [-0.25, -0.2) is 37.3 Å². The van der Waals surface area contributed by atoms with E-state index in [0.29, 0.717) is 33.6 Å². The van der Waals surface area contributed by atoms with Gasteiger partial charge in [-0.2, -0.15) is 0 Å². The molecule has 4 N–H and O–H groups in total. The largest absolute Gasteiger partial charge is 0.377 e. The summed E-state index contributed by atoms with van der Waals surface area (Å²) in [6, 6.07) is 11.8. The fourth-order valence-electron chi connectivity index (χ4n) is 4.70. The number of halogens is 8. The van der Waals surface area contributed by atoms with Crippen LogP contribution >= 0.6 is 45.2 Å². The molecule has 0 aromatic heterocycles. The summed E-state index contributed by atoms with van der Waals surface area (Å²) < 4.78 is 114. The van der Waals surface area contributed by atoms with Crippen molar-refractivity contribution in [1.82, 2.24) is 11.0 Å². The van der Waals surface area contributed by atoms with E-state index in [9.17, 15) is 35.9 Å². The molecule has 13 nitrogen and oxygen atoms in total. The highest BCUT2D eigenvalue weighted by Gasteiger charge is 2.22. The SMILES string of the molecule is O=C(NOCCOCCOCCOCCOCCOCCONC(=O)c1ccc(F)c(F)c1Nc1ccc(I)cc1F)c1ccc(F)c(F)c1Nc1ccc(I)cc1F. The Balaban J connectivity index is 0.953. The topological polar surface area (TPSA) is 147 Å². The lowest BCUT2D eigenvalue weighted by Gasteiger charge is -2.14. The zero-order valence-electron chi connectivity index (χ0n) is 31.0. The van der Waals surface area contributed by atoms with Crippen molar-refractivity contribution in [3.63, 3.8) is 0 Å². The molecule has 320 valence electrons. The first-order valence-corrected chi connectivity index (χ1v) is 19.7. The van der Waals surface area contributed by atoms with Crippen molar-refractivity contribution in [2.45, 2.75) is 0 Å². The molecule has 21 heteroatoms. The zero-order chi connectivity index (χ0) is 42.6. The summed E-state index contributed by atoms with van der Waals surface area (Å²) in [5, 5.41) is 4.87. The van der Waals surface area contributed by atoms with Gasteiger partial charge >= 0.3 is 0 Å². The molecule has 0 saturated carbocycles. The van der Waals surface area contributed by atoms with Gasteiger partial charge < -0.3 is 34.3 Å². The molecule has 4 aromatic rings. The molecule has 0 radical (unpaired) electrons. The molecule has 59 heavy (non-hydrogen) atoms. The lowest BCUT2D eigenvalue weighted by Crippen LogP contribution is -2.27. The van der Waals surface area contributed by atoms with Crippen molar-refractivity contribution in [3.8, 4) is 0 Å². The van der Waals surface area contributed by atoms with Gasteiger partial charge in [-0.1, -0.05) is 0 Å². The molecule has 2 amide bonds. The van der Waals surface area contributed by atoms with Crippen LogP contribution in [0.1, 0.15) is 20.7 Å². The van der Waals surface area contributed by atoms with Crippen molar-refractivity contribution in [1.29, 1.82) is 0 Å². The Hall–Kier alpha value is -3.82. The van der Waals surface area contributed by atoms with Gasteiger partial charge in [0, 0.05) is 7.14 Å². The normalized spacial score (nSPS) is 11.1. The van der Waals surface area contributed by atoms with Crippen LogP contribution in [0.15, 0.2) is 60.7 Å². The minimum atomic E-state index is -1.36.